The number of halogens is 1. The number of aliphatic hydroxyl groups excluding tert-OH is 2. The Hall–Kier alpha value is -1.43. The number of hydrogen-bond acceptors (Lipinski definition) is 4. The Bertz CT molecular complexity index is 820. The number of ether oxygens (including phenoxy) is 2. The Morgan fingerprint density at radius 1 is 1.15 bits per heavy atom. The van der Waals surface area contributed by atoms with Gasteiger partial charge in [-0.15, -0.1) is 0 Å². The van der Waals surface area contributed by atoms with E-state index in [9.17, 15) is 10.2 Å². The largest absolute Gasteiger partial charge is 0.394 e. The third kappa shape index (κ3) is 3.53. The molecule has 1 saturated heterocycles. The molecular weight excluding hydrogens is 364 g/mol. The molecule has 1 spiro atoms. The van der Waals surface area contributed by atoms with Gasteiger partial charge in [0.05, 0.1) is 25.4 Å². The van der Waals surface area contributed by atoms with Crippen molar-refractivity contribution in [2.75, 3.05) is 6.61 Å². The maximum absolute atomic E-state index is 10.3. The first kappa shape index (κ1) is 18.9. The van der Waals surface area contributed by atoms with Gasteiger partial charge in [-0.2, -0.15) is 0 Å². The molecule has 2 aromatic carbocycles. The average Bonchev–Trinajstić information content (AvgIpc) is 3.01. The summed E-state index contributed by atoms with van der Waals surface area (Å²) >= 11 is 6.54. The minimum atomic E-state index is -0.994. The zero-order chi connectivity index (χ0) is 19.0. The predicted molar refractivity (Wildman–Crippen MR) is 104 cm³/mol. The van der Waals surface area contributed by atoms with Crippen LogP contribution in [0.1, 0.15) is 47.6 Å². The molecule has 0 aromatic heterocycles. The molecule has 0 saturated carbocycles. The first-order chi connectivity index (χ1) is 13.0. The van der Waals surface area contributed by atoms with E-state index >= 15 is 0 Å². The molecule has 27 heavy (non-hydrogen) atoms. The smallest absolute Gasteiger partial charge is 0.198 e. The van der Waals surface area contributed by atoms with Gasteiger partial charge in [0.2, 0.25) is 0 Å². The lowest BCUT2D eigenvalue weighted by Gasteiger charge is -2.40. The molecule has 0 amide bonds. The summed E-state index contributed by atoms with van der Waals surface area (Å²) < 4.78 is 12.2. The van der Waals surface area contributed by atoms with Crippen LogP contribution in [0.5, 0.6) is 0 Å². The SMILES string of the molecule is CCc1ccc(Cc2c(Cl)ccc3c2COC32CC(O)CC(CO)O2)cc1. The van der Waals surface area contributed by atoms with Crippen LogP contribution < -0.4 is 0 Å². The fraction of sp³-hybridized carbons (Fsp3) is 0.455. The molecule has 3 unspecified atom stereocenters. The van der Waals surface area contributed by atoms with E-state index in [-0.39, 0.29) is 6.61 Å². The van der Waals surface area contributed by atoms with Crippen molar-refractivity contribution in [3.8, 4) is 0 Å². The van der Waals surface area contributed by atoms with E-state index < -0.39 is 18.0 Å². The quantitative estimate of drug-likeness (QED) is 0.838. The van der Waals surface area contributed by atoms with Crippen LogP contribution in [0.25, 0.3) is 0 Å². The van der Waals surface area contributed by atoms with Gasteiger partial charge in [-0.3, -0.25) is 0 Å². The molecule has 4 nitrogen and oxygen atoms in total. The molecule has 5 heteroatoms. The van der Waals surface area contributed by atoms with E-state index in [1.807, 2.05) is 12.1 Å². The van der Waals surface area contributed by atoms with Gasteiger partial charge in [-0.05, 0) is 41.2 Å². The number of aryl methyl sites for hydroxylation is 1. The Kier molecular flexibility index (Phi) is 5.28. The molecule has 3 atom stereocenters. The van der Waals surface area contributed by atoms with Gasteiger partial charge in [0.15, 0.2) is 5.79 Å². The van der Waals surface area contributed by atoms with E-state index in [4.69, 9.17) is 21.1 Å². The molecule has 2 aromatic rings. The standard InChI is InChI=1S/C22H25ClO4/c1-2-14-3-5-15(6-4-14)9-18-19-13-26-22(20(19)7-8-21(18)23)11-16(25)10-17(12-24)27-22/h3-8,16-17,24-25H,2,9-13H2,1H3. The molecule has 144 valence electrons. The number of fused-ring (bicyclic) bond motifs is 2. The minimum Gasteiger partial charge on any atom is -0.394 e. The zero-order valence-corrected chi connectivity index (χ0v) is 16.2. The lowest BCUT2D eigenvalue weighted by molar-refractivity contribution is -0.302. The Morgan fingerprint density at radius 2 is 1.89 bits per heavy atom. The van der Waals surface area contributed by atoms with Crippen LogP contribution in [0.4, 0.5) is 0 Å². The highest BCUT2D eigenvalue weighted by molar-refractivity contribution is 6.31. The van der Waals surface area contributed by atoms with Crippen LogP contribution in [0.2, 0.25) is 5.02 Å². The summed E-state index contributed by atoms with van der Waals surface area (Å²) in [6.45, 7) is 2.40. The minimum absolute atomic E-state index is 0.137. The van der Waals surface area contributed by atoms with E-state index in [0.29, 0.717) is 24.5 Å². The van der Waals surface area contributed by atoms with Crippen LogP contribution in [0, 0.1) is 0 Å². The lowest BCUT2D eigenvalue weighted by Crippen LogP contribution is -2.45. The van der Waals surface area contributed by atoms with Gasteiger partial charge in [-0.1, -0.05) is 48.9 Å². The second-order valence-corrected chi connectivity index (χ2v) is 7.86. The van der Waals surface area contributed by atoms with Crippen molar-refractivity contribution in [1.82, 2.24) is 0 Å². The highest BCUT2D eigenvalue weighted by Crippen LogP contribution is 2.47. The van der Waals surface area contributed by atoms with Crippen molar-refractivity contribution < 1.29 is 19.7 Å². The molecule has 0 aliphatic carbocycles. The first-order valence-corrected chi connectivity index (χ1v) is 9.91. The fourth-order valence-corrected chi connectivity index (χ4v) is 4.43. The second-order valence-electron chi connectivity index (χ2n) is 7.46. The summed E-state index contributed by atoms with van der Waals surface area (Å²) in [4.78, 5) is 0. The molecule has 2 heterocycles. The number of hydrogen-bond donors (Lipinski definition) is 2. The summed E-state index contributed by atoms with van der Waals surface area (Å²) in [5, 5.41) is 20.5. The van der Waals surface area contributed by atoms with Crippen LogP contribution in [0.15, 0.2) is 36.4 Å². The molecule has 0 radical (unpaired) electrons. The van der Waals surface area contributed by atoms with Gasteiger partial charge in [0, 0.05) is 23.4 Å². The monoisotopic (exact) mass is 388 g/mol. The van der Waals surface area contributed by atoms with E-state index in [1.165, 1.54) is 11.1 Å². The van der Waals surface area contributed by atoms with Crippen molar-refractivity contribution >= 4 is 11.6 Å². The summed E-state index contributed by atoms with van der Waals surface area (Å²) in [6.07, 6.45) is 1.52. The van der Waals surface area contributed by atoms with E-state index in [0.717, 1.165) is 29.5 Å². The van der Waals surface area contributed by atoms with E-state index in [2.05, 4.69) is 31.2 Å². The van der Waals surface area contributed by atoms with Gasteiger partial charge < -0.3 is 19.7 Å². The van der Waals surface area contributed by atoms with Gasteiger partial charge in [0.1, 0.15) is 0 Å². The summed E-state index contributed by atoms with van der Waals surface area (Å²) in [5.41, 5.74) is 5.50. The van der Waals surface area contributed by atoms with Crippen molar-refractivity contribution in [2.24, 2.45) is 0 Å². The van der Waals surface area contributed by atoms with Crippen molar-refractivity contribution in [2.45, 2.75) is 57.2 Å². The number of aliphatic hydroxyl groups is 2. The molecular formula is C22H25ClO4. The summed E-state index contributed by atoms with van der Waals surface area (Å²) in [6, 6.07) is 12.4. The Morgan fingerprint density at radius 3 is 2.59 bits per heavy atom. The predicted octanol–water partition coefficient (Wildman–Crippen LogP) is 3.71. The van der Waals surface area contributed by atoms with Gasteiger partial charge in [-0.25, -0.2) is 0 Å². The fourth-order valence-electron chi connectivity index (χ4n) is 4.18. The van der Waals surface area contributed by atoms with E-state index in [1.54, 1.807) is 0 Å². The molecule has 2 N–H and O–H groups in total. The van der Waals surface area contributed by atoms with Crippen molar-refractivity contribution in [3.05, 3.63) is 69.2 Å². The highest BCUT2D eigenvalue weighted by atomic mass is 35.5. The normalized spacial score (nSPS) is 27.1. The Labute approximate surface area is 164 Å². The topological polar surface area (TPSA) is 58.9 Å². The van der Waals surface area contributed by atoms with Crippen LogP contribution >= 0.6 is 11.6 Å². The van der Waals surface area contributed by atoms with Gasteiger partial charge >= 0.3 is 0 Å². The van der Waals surface area contributed by atoms with Crippen LogP contribution in [-0.2, 0) is 34.7 Å². The van der Waals surface area contributed by atoms with Crippen LogP contribution in [-0.4, -0.2) is 29.0 Å². The molecule has 0 bridgehead atoms. The lowest BCUT2D eigenvalue weighted by atomic mass is 9.89. The first-order valence-electron chi connectivity index (χ1n) is 9.54. The third-order valence-electron chi connectivity index (χ3n) is 5.65. The van der Waals surface area contributed by atoms with Crippen molar-refractivity contribution in [3.63, 3.8) is 0 Å². The number of rotatable bonds is 4. The summed E-state index contributed by atoms with van der Waals surface area (Å²) in [5.74, 6) is -0.994. The van der Waals surface area contributed by atoms with Crippen molar-refractivity contribution in [1.29, 1.82) is 0 Å². The maximum atomic E-state index is 10.3. The molecule has 2 aliphatic rings. The third-order valence-corrected chi connectivity index (χ3v) is 6.00. The summed E-state index contributed by atoms with van der Waals surface area (Å²) in [7, 11) is 0. The zero-order valence-electron chi connectivity index (χ0n) is 15.5. The molecule has 2 aliphatic heterocycles. The molecule has 1 fully saturated rings. The van der Waals surface area contributed by atoms with Crippen LogP contribution in [0.3, 0.4) is 0 Å². The maximum Gasteiger partial charge on any atom is 0.198 e. The second kappa shape index (κ2) is 7.53. The molecule has 4 rings (SSSR count). The van der Waals surface area contributed by atoms with Gasteiger partial charge in [0.25, 0.3) is 0 Å². The average molecular weight is 389 g/mol. The number of benzene rings is 2. The highest BCUT2D eigenvalue weighted by Gasteiger charge is 2.48. The Balaban J connectivity index is 1.68.